The zero-order valence-corrected chi connectivity index (χ0v) is 19.9. The van der Waals surface area contributed by atoms with Gasteiger partial charge in [0.25, 0.3) is 0 Å². The highest BCUT2D eigenvalue weighted by molar-refractivity contribution is 7.95. The van der Waals surface area contributed by atoms with Crippen LogP contribution in [0.3, 0.4) is 0 Å². The molecule has 0 saturated heterocycles. The minimum Gasteiger partial charge on any atom is -0.410 e. The average molecular weight is 443 g/mol. The number of carbonyl (C=O) groups is 2. The van der Waals surface area contributed by atoms with Crippen LogP contribution in [0.4, 0.5) is 15.3 Å². The van der Waals surface area contributed by atoms with Crippen molar-refractivity contribution in [2.75, 3.05) is 21.1 Å². The van der Waals surface area contributed by atoms with E-state index in [1.165, 1.54) is 19.8 Å². The van der Waals surface area contributed by atoms with Crippen LogP contribution in [0.15, 0.2) is 47.5 Å². The van der Waals surface area contributed by atoms with Crippen LogP contribution in [-0.2, 0) is 0 Å². The number of ether oxygens (including phenoxy) is 1. The normalized spacial score (nSPS) is 11.0. The monoisotopic (exact) mass is 442 g/mol. The Morgan fingerprint density at radius 1 is 1.03 bits per heavy atom. The lowest BCUT2D eigenvalue weighted by molar-refractivity contribution is 0.186. The smallest absolute Gasteiger partial charge is 0.410 e. The van der Waals surface area contributed by atoms with Crippen molar-refractivity contribution in [2.45, 2.75) is 33.6 Å². The fourth-order valence-electron chi connectivity index (χ4n) is 2.72. The van der Waals surface area contributed by atoms with E-state index < -0.39 is 6.09 Å². The first-order valence-electron chi connectivity index (χ1n) is 9.94. The summed E-state index contributed by atoms with van der Waals surface area (Å²) in [6.07, 6.45) is 0.893. The maximum atomic E-state index is 12.6. The van der Waals surface area contributed by atoms with Crippen LogP contribution in [0.2, 0.25) is 0 Å². The van der Waals surface area contributed by atoms with Crippen LogP contribution in [0.1, 0.15) is 36.5 Å². The largest absolute Gasteiger partial charge is 0.426 e. The number of hydrogen-bond donors (Lipinski definition) is 0. The third-order valence-electron chi connectivity index (χ3n) is 4.53. The third-order valence-corrected chi connectivity index (χ3v) is 5.32. The van der Waals surface area contributed by atoms with E-state index in [0.29, 0.717) is 11.7 Å². The van der Waals surface area contributed by atoms with E-state index in [2.05, 4.69) is 18.8 Å². The Hall–Kier alpha value is -3.00. The second-order valence-corrected chi connectivity index (χ2v) is 8.86. The van der Waals surface area contributed by atoms with Gasteiger partial charge < -0.3 is 4.74 Å². The predicted octanol–water partition coefficient (Wildman–Crippen LogP) is 5.76. The highest BCUT2D eigenvalue weighted by Gasteiger charge is 2.20. The fraction of sp³-hybridized carbons (Fsp3) is 0.348. The lowest BCUT2D eigenvalue weighted by atomic mass is 10.0. The second kappa shape index (κ2) is 10.9. The molecule has 0 saturated carbocycles. The number of nitrogens with zero attached hydrogens (tertiary/aromatic N) is 4. The molecule has 8 heteroatoms. The molecule has 31 heavy (non-hydrogen) atoms. The van der Waals surface area contributed by atoms with Gasteiger partial charge >= 0.3 is 12.1 Å². The summed E-state index contributed by atoms with van der Waals surface area (Å²) in [5.74, 6) is 0.797. The topological polar surface area (TPSA) is 65.5 Å². The molecule has 7 nitrogen and oxygen atoms in total. The van der Waals surface area contributed by atoms with E-state index >= 15 is 0 Å². The van der Waals surface area contributed by atoms with Gasteiger partial charge in [0, 0.05) is 21.1 Å². The first-order valence-corrected chi connectivity index (χ1v) is 10.7. The second-order valence-electron chi connectivity index (χ2n) is 7.60. The van der Waals surface area contributed by atoms with E-state index in [1.807, 2.05) is 50.2 Å². The quantitative estimate of drug-likeness (QED) is 0.324. The van der Waals surface area contributed by atoms with E-state index in [0.717, 1.165) is 34.5 Å². The van der Waals surface area contributed by atoms with E-state index in [1.54, 1.807) is 27.2 Å². The number of urea groups is 1. The third kappa shape index (κ3) is 7.03. The number of aliphatic imine (C=N–C) groups is 1. The zero-order chi connectivity index (χ0) is 23.1. The molecule has 0 N–H and O–H groups in total. The van der Waals surface area contributed by atoms with Gasteiger partial charge in [-0.2, -0.15) is 0 Å². The molecule has 2 aromatic carbocycles. The van der Waals surface area contributed by atoms with Gasteiger partial charge in [0.05, 0.1) is 24.2 Å². The number of carbonyl (C=O) groups excluding carboxylic acids is 2. The average Bonchev–Trinajstić information content (AvgIpc) is 2.72. The molecule has 0 fully saturated rings. The molecule has 0 aliphatic carbocycles. The number of amides is 3. The van der Waals surface area contributed by atoms with Crippen molar-refractivity contribution in [2.24, 2.45) is 4.99 Å². The summed E-state index contributed by atoms with van der Waals surface area (Å²) in [4.78, 5) is 30.7. The Kier molecular flexibility index (Phi) is 8.50. The zero-order valence-electron chi connectivity index (χ0n) is 19.1. The standard InChI is InChI=1S/C23H30N4O3S/c1-16(2)19-9-8-10-20(14-19)30-23(29)27(7)31-26(6)22(28)25(5)15-24-21-12-11-17(3)13-18(21)4/h8-16H,1-7H3. The molecule has 0 aromatic heterocycles. The van der Waals surface area contributed by atoms with Crippen LogP contribution >= 0.6 is 12.1 Å². The summed E-state index contributed by atoms with van der Waals surface area (Å²) in [6, 6.07) is 13.0. The van der Waals surface area contributed by atoms with Gasteiger partial charge in [-0.15, -0.1) is 0 Å². The Bertz CT molecular complexity index is 962. The minimum absolute atomic E-state index is 0.329. The minimum atomic E-state index is -0.572. The Labute approximate surface area is 189 Å². The molecule has 0 bridgehead atoms. The van der Waals surface area contributed by atoms with Crippen molar-refractivity contribution in [3.05, 3.63) is 59.2 Å². The van der Waals surface area contributed by atoms with E-state index in [4.69, 9.17) is 4.74 Å². The Morgan fingerprint density at radius 3 is 2.39 bits per heavy atom. The number of rotatable bonds is 6. The summed E-state index contributed by atoms with van der Waals surface area (Å²) < 4.78 is 8.02. The SMILES string of the molecule is Cc1ccc(N=CN(C)C(=O)N(C)SN(C)C(=O)Oc2cccc(C(C)C)c2)c(C)c1. The van der Waals surface area contributed by atoms with Gasteiger partial charge in [-0.1, -0.05) is 43.7 Å². The predicted molar refractivity (Wildman–Crippen MR) is 127 cm³/mol. The molecule has 0 radical (unpaired) electrons. The van der Waals surface area contributed by atoms with E-state index in [9.17, 15) is 9.59 Å². The maximum absolute atomic E-state index is 12.6. The number of hydrogen-bond acceptors (Lipinski definition) is 5. The van der Waals surface area contributed by atoms with Crippen molar-refractivity contribution in [1.29, 1.82) is 0 Å². The fourth-order valence-corrected chi connectivity index (χ4v) is 3.39. The van der Waals surface area contributed by atoms with Crippen LogP contribution in [0.25, 0.3) is 0 Å². The first kappa shape index (κ1) is 24.3. The molecular formula is C23H30N4O3S. The Balaban J connectivity index is 1.93. The molecule has 0 heterocycles. The van der Waals surface area contributed by atoms with Crippen LogP contribution in [-0.4, -0.2) is 53.1 Å². The summed E-state index contributed by atoms with van der Waals surface area (Å²) in [7, 11) is 4.74. The Morgan fingerprint density at radius 2 is 1.74 bits per heavy atom. The van der Waals surface area contributed by atoms with Crippen molar-refractivity contribution < 1.29 is 14.3 Å². The lowest BCUT2D eigenvalue weighted by Crippen LogP contribution is -2.37. The summed E-state index contributed by atoms with van der Waals surface area (Å²) in [5.41, 5.74) is 4.06. The first-order chi connectivity index (χ1) is 14.6. The molecule has 0 aliphatic heterocycles. The van der Waals surface area contributed by atoms with Crippen LogP contribution in [0.5, 0.6) is 5.75 Å². The van der Waals surface area contributed by atoms with Gasteiger partial charge in [0.2, 0.25) is 0 Å². The van der Waals surface area contributed by atoms with Gasteiger partial charge in [-0.3, -0.25) is 9.21 Å². The van der Waals surface area contributed by atoms with Crippen molar-refractivity contribution in [1.82, 2.24) is 13.5 Å². The number of benzene rings is 2. The highest BCUT2D eigenvalue weighted by atomic mass is 32.2. The van der Waals surface area contributed by atoms with Crippen molar-refractivity contribution in [3.8, 4) is 5.75 Å². The molecule has 0 spiro atoms. The molecule has 166 valence electrons. The molecule has 0 aliphatic rings. The maximum Gasteiger partial charge on any atom is 0.426 e. The lowest BCUT2D eigenvalue weighted by Gasteiger charge is -2.24. The molecular weight excluding hydrogens is 412 g/mol. The highest BCUT2D eigenvalue weighted by Crippen LogP contribution is 2.22. The van der Waals surface area contributed by atoms with Crippen LogP contribution in [0, 0.1) is 13.8 Å². The summed E-state index contributed by atoms with van der Waals surface area (Å²) >= 11 is 0.940. The van der Waals surface area contributed by atoms with Gasteiger partial charge in [-0.05, 0) is 49.1 Å². The molecule has 0 atom stereocenters. The van der Waals surface area contributed by atoms with E-state index in [-0.39, 0.29) is 6.03 Å². The summed E-state index contributed by atoms with van der Waals surface area (Å²) in [5, 5.41) is 0. The molecule has 2 rings (SSSR count). The van der Waals surface area contributed by atoms with Gasteiger partial charge in [0.15, 0.2) is 0 Å². The van der Waals surface area contributed by atoms with Crippen molar-refractivity contribution in [3.63, 3.8) is 0 Å². The van der Waals surface area contributed by atoms with Gasteiger partial charge in [-0.25, -0.2) is 18.9 Å². The summed E-state index contributed by atoms with van der Waals surface area (Å²) in [6.45, 7) is 8.14. The van der Waals surface area contributed by atoms with Gasteiger partial charge in [0.1, 0.15) is 5.75 Å². The van der Waals surface area contributed by atoms with Crippen LogP contribution < -0.4 is 4.74 Å². The molecule has 0 unspecified atom stereocenters. The molecule has 2 aromatic rings. The van der Waals surface area contributed by atoms with Crippen molar-refractivity contribution >= 4 is 36.3 Å². The number of aryl methyl sites for hydroxylation is 2. The molecule has 3 amide bonds.